The van der Waals surface area contributed by atoms with Crippen molar-refractivity contribution in [1.29, 1.82) is 0 Å². The third-order valence-electron chi connectivity index (χ3n) is 2.96. The predicted octanol–water partition coefficient (Wildman–Crippen LogP) is 3.06. The molecule has 0 saturated carbocycles. The van der Waals surface area contributed by atoms with Gasteiger partial charge in [0.05, 0.1) is 15.5 Å². The number of benzene rings is 2. The topological polar surface area (TPSA) is 75.3 Å². The molecule has 0 heterocycles. The Hall–Kier alpha value is -2.15. The summed E-state index contributed by atoms with van der Waals surface area (Å²) in [6, 6.07) is 12.5. The van der Waals surface area contributed by atoms with E-state index in [0.717, 1.165) is 0 Å². The molecule has 0 aliphatic carbocycles. The Morgan fingerprint density at radius 3 is 2.39 bits per heavy atom. The minimum atomic E-state index is -3.58. The summed E-state index contributed by atoms with van der Waals surface area (Å²) < 4.78 is 26.2. The quantitative estimate of drug-likeness (QED) is 0.786. The van der Waals surface area contributed by atoms with Gasteiger partial charge in [0.1, 0.15) is 0 Å². The molecule has 2 rings (SSSR count). The van der Waals surface area contributed by atoms with Gasteiger partial charge in [0.25, 0.3) is 5.91 Å². The summed E-state index contributed by atoms with van der Waals surface area (Å²) >= 11 is 5.96. The fraction of sp³-hybridized carbons (Fsp3) is 0.0625. The molecule has 2 aromatic carbocycles. The Balaban J connectivity index is 2.13. The maximum absolute atomic E-state index is 12.1. The van der Waals surface area contributed by atoms with E-state index in [1.807, 2.05) is 0 Å². The molecule has 0 fully saturated rings. The van der Waals surface area contributed by atoms with E-state index in [2.05, 4.69) is 16.6 Å². The van der Waals surface area contributed by atoms with Gasteiger partial charge in [-0.05, 0) is 36.4 Å². The Labute approximate surface area is 140 Å². The molecule has 120 valence electrons. The molecule has 23 heavy (non-hydrogen) atoms. The molecule has 0 saturated heterocycles. The molecule has 5 nitrogen and oxygen atoms in total. The van der Waals surface area contributed by atoms with E-state index in [1.165, 1.54) is 30.3 Å². The second-order valence-electron chi connectivity index (χ2n) is 4.60. The zero-order chi connectivity index (χ0) is 16.9. The van der Waals surface area contributed by atoms with E-state index in [9.17, 15) is 13.2 Å². The molecule has 0 spiro atoms. The van der Waals surface area contributed by atoms with Crippen LogP contribution < -0.4 is 10.0 Å². The van der Waals surface area contributed by atoms with Crippen LogP contribution in [0.2, 0.25) is 5.02 Å². The van der Waals surface area contributed by atoms with Crippen LogP contribution in [-0.2, 0) is 10.0 Å². The van der Waals surface area contributed by atoms with Gasteiger partial charge in [-0.3, -0.25) is 4.79 Å². The van der Waals surface area contributed by atoms with Crippen LogP contribution >= 0.6 is 11.6 Å². The molecular weight excluding hydrogens is 336 g/mol. The first-order valence-corrected chi connectivity index (χ1v) is 8.56. The fourth-order valence-corrected chi connectivity index (χ4v) is 3.03. The van der Waals surface area contributed by atoms with Gasteiger partial charge in [-0.15, -0.1) is 6.58 Å². The van der Waals surface area contributed by atoms with Crippen molar-refractivity contribution in [3.05, 3.63) is 71.8 Å². The van der Waals surface area contributed by atoms with Gasteiger partial charge >= 0.3 is 0 Å². The minimum absolute atomic E-state index is 0.107. The molecule has 2 aromatic rings. The number of carbonyl (C=O) groups excluding carboxylic acids is 1. The lowest BCUT2D eigenvalue weighted by Gasteiger charge is -2.08. The van der Waals surface area contributed by atoms with Crippen LogP contribution in [0, 0.1) is 0 Å². The van der Waals surface area contributed by atoms with Crippen molar-refractivity contribution in [1.82, 2.24) is 4.72 Å². The highest BCUT2D eigenvalue weighted by Gasteiger charge is 2.13. The standard InChI is InChI=1S/C16H15ClN2O3S/c1-2-11-18-23(21,22)13-9-7-12(8-10-13)19-16(20)14-5-3-4-6-15(14)17/h2-10,18H,1,11H2,(H,19,20). The summed E-state index contributed by atoms with van der Waals surface area (Å²) in [5.41, 5.74) is 0.816. The van der Waals surface area contributed by atoms with Gasteiger partial charge in [0.15, 0.2) is 0 Å². The number of hydrogen-bond acceptors (Lipinski definition) is 3. The van der Waals surface area contributed by atoms with E-state index in [0.29, 0.717) is 16.3 Å². The molecule has 1 amide bonds. The number of halogens is 1. The Morgan fingerprint density at radius 2 is 1.78 bits per heavy atom. The molecule has 0 bridgehead atoms. The molecule has 2 N–H and O–H groups in total. The number of sulfonamides is 1. The third kappa shape index (κ3) is 4.41. The van der Waals surface area contributed by atoms with Gasteiger partial charge in [0.2, 0.25) is 10.0 Å². The average molecular weight is 351 g/mol. The largest absolute Gasteiger partial charge is 0.322 e. The zero-order valence-corrected chi connectivity index (χ0v) is 13.7. The van der Waals surface area contributed by atoms with Crippen LogP contribution in [0.4, 0.5) is 5.69 Å². The van der Waals surface area contributed by atoms with Gasteiger partial charge in [-0.25, -0.2) is 13.1 Å². The number of rotatable bonds is 6. The van der Waals surface area contributed by atoms with Crippen LogP contribution in [0.3, 0.4) is 0 Å². The molecule has 0 radical (unpaired) electrons. The molecule has 7 heteroatoms. The normalized spacial score (nSPS) is 11.0. The summed E-state index contributed by atoms with van der Waals surface area (Å²) in [5.74, 6) is -0.365. The Kier molecular flexibility index (Phi) is 5.54. The number of amides is 1. The molecule has 0 unspecified atom stereocenters. The van der Waals surface area contributed by atoms with Crippen LogP contribution in [-0.4, -0.2) is 20.9 Å². The first-order chi connectivity index (χ1) is 10.9. The number of anilines is 1. The summed E-state index contributed by atoms with van der Waals surface area (Å²) in [5, 5.41) is 3.01. The van der Waals surface area contributed by atoms with Crippen molar-refractivity contribution in [3.8, 4) is 0 Å². The van der Waals surface area contributed by atoms with E-state index >= 15 is 0 Å². The first-order valence-electron chi connectivity index (χ1n) is 6.70. The van der Waals surface area contributed by atoms with Crippen molar-refractivity contribution >= 4 is 33.2 Å². The first kappa shape index (κ1) is 17.2. The molecule has 0 aliphatic heterocycles. The highest BCUT2D eigenvalue weighted by molar-refractivity contribution is 7.89. The van der Waals surface area contributed by atoms with E-state index in [-0.39, 0.29) is 17.3 Å². The van der Waals surface area contributed by atoms with Crippen molar-refractivity contribution in [3.63, 3.8) is 0 Å². The summed E-state index contributed by atoms with van der Waals surface area (Å²) in [7, 11) is -3.58. The smallest absolute Gasteiger partial charge is 0.257 e. The second kappa shape index (κ2) is 7.41. The van der Waals surface area contributed by atoms with Crippen LogP contribution in [0.25, 0.3) is 0 Å². The SMILES string of the molecule is C=CCNS(=O)(=O)c1ccc(NC(=O)c2ccccc2Cl)cc1. The van der Waals surface area contributed by atoms with Crippen LogP contribution in [0.5, 0.6) is 0 Å². The summed E-state index contributed by atoms with van der Waals surface area (Å²) in [4.78, 5) is 12.2. The van der Waals surface area contributed by atoms with E-state index in [4.69, 9.17) is 11.6 Å². The maximum Gasteiger partial charge on any atom is 0.257 e. The lowest BCUT2D eigenvalue weighted by Crippen LogP contribution is -2.23. The van der Waals surface area contributed by atoms with E-state index in [1.54, 1.807) is 24.3 Å². The van der Waals surface area contributed by atoms with Gasteiger partial charge < -0.3 is 5.32 Å². The minimum Gasteiger partial charge on any atom is -0.322 e. The van der Waals surface area contributed by atoms with Gasteiger partial charge in [-0.1, -0.05) is 29.8 Å². The van der Waals surface area contributed by atoms with Crippen molar-refractivity contribution in [2.75, 3.05) is 11.9 Å². The van der Waals surface area contributed by atoms with E-state index < -0.39 is 10.0 Å². The lowest BCUT2D eigenvalue weighted by molar-refractivity contribution is 0.102. The third-order valence-corrected chi connectivity index (χ3v) is 4.73. The average Bonchev–Trinajstić information content (AvgIpc) is 2.54. The molecule has 0 atom stereocenters. The predicted molar refractivity (Wildman–Crippen MR) is 91.2 cm³/mol. The lowest BCUT2D eigenvalue weighted by atomic mass is 10.2. The highest BCUT2D eigenvalue weighted by atomic mass is 35.5. The van der Waals surface area contributed by atoms with Crippen LogP contribution in [0.15, 0.2) is 66.1 Å². The Bertz CT molecular complexity index is 817. The highest BCUT2D eigenvalue weighted by Crippen LogP contribution is 2.18. The summed E-state index contributed by atoms with van der Waals surface area (Å²) in [6.45, 7) is 3.60. The number of carbonyl (C=O) groups is 1. The number of hydrogen-bond donors (Lipinski definition) is 2. The Morgan fingerprint density at radius 1 is 1.13 bits per heavy atom. The molecule has 0 aromatic heterocycles. The summed E-state index contributed by atoms with van der Waals surface area (Å²) in [6.07, 6.45) is 1.45. The maximum atomic E-state index is 12.1. The second-order valence-corrected chi connectivity index (χ2v) is 6.77. The van der Waals surface area contributed by atoms with Crippen LogP contribution in [0.1, 0.15) is 10.4 Å². The van der Waals surface area contributed by atoms with Crippen molar-refractivity contribution < 1.29 is 13.2 Å². The van der Waals surface area contributed by atoms with Gasteiger partial charge in [-0.2, -0.15) is 0 Å². The molecule has 0 aliphatic rings. The monoisotopic (exact) mass is 350 g/mol. The van der Waals surface area contributed by atoms with Crippen molar-refractivity contribution in [2.24, 2.45) is 0 Å². The zero-order valence-electron chi connectivity index (χ0n) is 12.1. The number of nitrogens with one attached hydrogen (secondary N) is 2. The van der Waals surface area contributed by atoms with Gasteiger partial charge in [0, 0.05) is 12.2 Å². The molecular formula is C16H15ClN2O3S. The fourth-order valence-electron chi connectivity index (χ4n) is 1.81. The van der Waals surface area contributed by atoms with Crippen molar-refractivity contribution in [2.45, 2.75) is 4.90 Å².